The number of carbonyl (C=O) groups is 1. The fourth-order valence-corrected chi connectivity index (χ4v) is 3.60. The van der Waals surface area contributed by atoms with Gasteiger partial charge >= 0.3 is 0 Å². The summed E-state index contributed by atoms with van der Waals surface area (Å²) >= 11 is 0. The highest BCUT2D eigenvalue weighted by Gasteiger charge is 2.29. The van der Waals surface area contributed by atoms with Gasteiger partial charge in [-0.25, -0.2) is 0 Å². The van der Waals surface area contributed by atoms with Crippen LogP contribution >= 0.6 is 0 Å². The number of nitrogens with one attached hydrogen (secondary N) is 3. The van der Waals surface area contributed by atoms with Crippen molar-refractivity contribution in [2.24, 2.45) is 0 Å². The van der Waals surface area contributed by atoms with Crippen LogP contribution in [0.5, 0.6) is 5.75 Å². The van der Waals surface area contributed by atoms with Crippen LogP contribution in [0.2, 0.25) is 0 Å². The molecule has 27 heavy (non-hydrogen) atoms. The van der Waals surface area contributed by atoms with Gasteiger partial charge in [0.2, 0.25) is 0 Å². The second-order valence-corrected chi connectivity index (χ2v) is 6.66. The minimum Gasteiger partial charge on any atom is -0.496 e. The van der Waals surface area contributed by atoms with E-state index >= 15 is 0 Å². The van der Waals surface area contributed by atoms with E-state index in [1.807, 2.05) is 30.3 Å². The summed E-state index contributed by atoms with van der Waals surface area (Å²) in [4.78, 5) is 12.8. The average Bonchev–Trinajstić information content (AvgIpc) is 3.40. The van der Waals surface area contributed by atoms with Gasteiger partial charge in [0.1, 0.15) is 5.75 Å². The maximum Gasteiger partial charge on any atom is 0.251 e. The van der Waals surface area contributed by atoms with E-state index in [0.717, 1.165) is 24.2 Å². The van der Waals surface area contributed by atoms with Gasteiger partial charge in [-0.15, -0.1) is 0 Å². The first-order valence-corrected chi connectivity index (χ1v) is 9.00. The van der Waals surface area contributed by atoms with Crippen LogP contribution in [0.4, 0.5) is 0 Å². The maximum absolute atomic E-state index is 12.8. The van der Waals surface area contributed by atoms with E-state index < -0.39 is 0 Å². The van der Waals surface area contributed by atoms with Gasteiger partial charge < -0.3 is 15.4 Å². The fraction of sp³-hybridized carbons (Fsp3) is 0.238. The molecule has 6 heteroatoms. The third kappa shape index (κ3) is 3.57. The van der Waals surface area contributed by atoms with Gasteiger partial charge in [-0.05, 0) is 23.8 Å². The molecule has 1 amide bonds. The molecule has 2 aromatic carbocycles. The summed E-state index contributed by atoms with van der Waals surface area (Å²) < 4.78 is 5.49. The zero-order valence-corrected chi connectivity index (χ0v) is 15.1. The van der Waals surface area contributed by atoms with Gasteiger partial charge in [0.25, 0.3) is 5.91 Å². The van der Waals surface area contributed by atoms with Gasteiger partial charge in [-0.3, -0.25) is 9.89 Å². The highest BCUT2D eigenvalue weighted by molar-refractivity contribution is 5.96. The van der Waals surface area contributed by atoms with E-state index in [1.54, 1.807) is 25.6 Å². The van der Waals surface area contributed by atoms with Crippen molar-refractivity contribution >= 4 is 5.91 Å². The van der Waals surface area contributed by atoms with Crippen molar-refractivity contribution in [1.82, 2.24) is 20.8 Å². The lowest BCUT2D eigenvalue weighted by molar-refractivity contribution is 0.0936. The predicted molar refractivity (Wildman–Crippen MR) is 104 cm³/mol. The van der Waals surface area contributed by atoms with E-state index in [0.29, 0.717) is 11.3 Å². The number of hydrogen-bond acceptors (Lipinski definition) is 4. The van der Waals surface area contributed by atoms with Gasteiger partial charge in [0.15, 0.2) is 0 Å². The monoisotopic (exact) mass is 362 g/mol. The number of rotatable bonds is 5. The van der Waals surface area contributed by atoms with Crippen molar-refractivity contribution in [2.75, 3.05) is 20.2 Å². The number of hydrogen-bond donors (Lipinski definition) is 3. The molecule has 1 aliphatic heterocycles. The Balaban J connectivity index is 1.53. The summed E-state index contributed by atoms with van der Waals surface area (Å²) in [6.07, 6.45) is 3.53. The molecule has 0 aliphatic carbocycles. The van der Waals surface area contributed by atoms with Crippen molar-refractivity contribution in [2.45, 2.75) is 12.0 Å². The predicted octanol–water partition coefficient (Wildman–Crippen LogP) is 2.57. The van der Waals surface area contributed by atoms with Gasteiger partial charge in [-0.2, -0.15) is 5.10 Å². The van der Waals surface area contributed by atoms with Crippen molar-refractivity contribution in [1.29, 1.82) is 0 Å². The Morgan fingerprint density at radius 3 is 2.78 bits per heavy atom. The van der Waals surface area contributed by atoms with Crippen LogP contribution in [-0.4, -0.2) is 42.3 Å². The standard InChI is InChI=1S/C21H22N4O2/c1-27-20-9-15(7-8-17(20)16-10-23-24-11-16)21(26)25-19-13-22-12-18(19)14-5-3-2-4-6-14/h2-11,18-19,22H,12-13H2,1H3,(H,23,24)(H,25,26). The lowest BCUT2D eigenvalue weighted by atomic mass is 9.94. The largest absolute Gasteiger partial charge is 0.496 e. The van der Waals surface area contributed by atoms with Gasteiger partial charge in [0.05, 0.1) is 13.3 Å². The molecule has 3 N–H and O–H groups in total. The summed E-state index contributed by atoms with van der Waals surface area (Å²) in [5.41, 5.74) is 3.63. The molecule has 0 saturated carbocycles. The van der Waals surface area contributed by atoms with E-state index in [2.05, 4.69) is 33.0 Å². The minimum atomic E-state index is -0.0957. The number of amides is 1. The Labute approximate surface area is 158 Å². The van der Waals surface area contributed by atoms with E-state index in [9.17, 15) is 4.79 Å². The quantitative estimate of drug-likeness (QED) is 0.652. The Bertz CT molecular complexity index is 909. The summed E-state index contributed by atoms with van der Waals surface area (Å²) in [5, 5.41) is 13.3. The smallest absolute Gasteiger partial charge is 0.251 e. The summed E-state index contributed by atoms with van der Waals surface area (Å²) in [6.45, 7) is 1.62. The third-order valence-corrected chi connectivity index (χ3v) is 5.03. The molecule has 2 heterocycles. The van der Waals surface area contributed by atoms with Crippen LogP contribution in [0.3, 0.4) is 0 Å². The second-order valence-electron chi connectivity index (χ2n) is 6.66. The van der Waals surface area contributed by atoms with Crippen LogP contribution in [0.15, 0.2) is 60.9 Å². The molecule has 2 atom stereocenters. The molecular weight excluding hydrogens is 340 g/mol. The van der Waals surface area contributed by atoms with Crippen molar-refractivity contribution in [3.8, 4) is 16.9 Å². The summed E-state index contributed by atoms with van der Waals surface area (Å²) in [6, 6.07) is 15.8. The lowest BCUT2D eigenvalue weighted by Gasteiger charge is -2.20. The van der Waals surface area contributed by atoms with Gasteiger partial charge in [0, 0.05) is 47.9 Å². The van der Waals surface area contributed by atoms with Crippen LogP contribution in [0.25, 0.3) is 11.1 Å². The SMILES string of the molecule is COc1cc(C(=O)NC2CNCC2c2ccccc2)ccc1-c1cn[nH]c1. The van der Waals surface area contributed by atoms with E-state index in [1.165, 1.54) is 5.56 Å². The van der Waals surface area contributed by atoms with Crippen molar-refractivity contribution in [3.05, 3.63) is 72.1 Å². The average molecular weight is 362 g/mol. The molecule has 0 spiro atoms. The zero-order chi connectivity index (χ0) is 18.6. The Morgan fingerprint density at radius 2 is 2.04 bits per heavy atom. The molecule has 3 aromatic rings. The molecule has 0 bridgehead atoms. The fourth-order valence-electron chi connectivity index (χ4n) is 3.60. The van der Waals surface area contributed by atoms with E-state index in [-0.39, 0.29) is 17.9 Å². The normalized spacial score (nSPS) is 19.0. The molecule has 4 rings (SSSR count). The summed E-state index contributed by atoms with van der Waals surface area (Å²) in [7, 11) is 1.60. The Morgan fingerprint density at radius 1 is 1.19 bits per heavy atom. The topological polar surface area (TPSA) is 79.0 Å². The first kappa shape index (κ1) is 17.3. The number of ether oxygens (including phenoxy) is 1. The molecule has 2 unspecified atom stereocenters. The molecule has 1 aliphatic rings. The molecule has 1 fully saturated rings. The van der Waals surface area contributed by atoms with Crippen molar-refractivity contribution < 1.29 is 9.53 Å². The molecular formula is C21H22N4O2. The number of carbonyl (C=O) groups excluding carboxylic acids is 1. The molecule has 1 aromatic heterocycles. The number of aromatic amines is 1. The lowest BCUT2D eigenvalue weighted by Crippen LogP contribution is -2.39. The van der Waals surface area contributed by atoms with Crippen molar-refractivity contribution in [3.63, 3.8) is 0 Å². The molecule has 0 radical (unpaired) electrons. The highest BCUT2D eigenvalue weighted by Crippen LogP contribution is 2.30. The molecule has 138 valence electrons. The first-order chi connectivity index (χ1) is 13.3. The Hall–Kier alpha value is -3.12. The Kier molecular flexibility index (Phi) is 4.89. The zero-order valence-electron chi connectivity index (χ0n) is 15.1. The van der Waals surface area contributed by atoms with Crippen LogP contribution < -0.4 is 15.4 Å². The summed E-state index contributed by atoms with van der Waals surface area (Å²) in [5.74, 6) is 0.817. The highest BCUT2D eigenvalue weighted by atomic mass is 16.5. The minimum absolute atomic E-state index is 0.0550. The first-order valence-electron chi connectivity index (χ1n) is 9.00. The van der Waals surface area contributed by atoms with Gasteiger partial charge in [-0.1, -0.05) is 30.3 Å². The maximum atomic E-state index is 12.8. The molecule has 1 saturated heterocycles. The number of benzene rings is 2. The van der Waals surface area contributed by atoms with Crippen LogP contribution in [0.1, 0.15) is 21.8 Å². The third-order valence-electron chi connectivity index (χ3n) is 5.03. The number of nitrogens with zero attached hydrogens (tertiary/aromatic N) is 1. The van der Waals surface area contributed by atoms with E-state index in [4.69, 9.17) is 4.74 Å². The molecule has 6 nitrogen and oxygen atoms in total. The number of methoxy groups -OCH3 is 1. The second kappa shape index (κ2) is 7.63. The van der Waals surface area contributed by atoms with Crippen LogP contribution in [0, 0.1) is 0 Å². The number of aromatic nitrogens is 2. The van der Waals surface area contributed by atoms with Crippen LogP contribution in [-0.2, 0) is 0 Å². The number of H-pyrrole nitrogens is 1.